The quantitative estimate of drug-likeness (QED) is 0.246. The highest BCUT2D eigenvalue weighted by Gasteiger charge is 2.31. The van der Waals surface area contributed by atoms with E-state index in [1.807, 2.05) is 29.2 Å². The van der Waals surface area contributed by atoms with Crippen molar-refractivity contribution in [2.75, 3.05) is 30.0 Å². The molecule has 2 unspecified atom stereocenters. The van der Waals surface area contributed by atoms with Crippen LogP contribution in [-0.2, 0) is 0 Å². The Morgan fingerprint density at radius 2 is 1.36 bits per heavy atom. The molecular formula is C31H30F2N10O2. The fraction of sp³-hybridized carbons (Fsp3) is 0.290. The smallest absolute Gasteiger partial charge is 0.253 e. The molecule has 6 aromatic rings. The second-order valence-electron chi connectivity index (χ2n) is 10.9. The van der Waals surface area contributed by atoms with E-state index in [0.717, 1.165) is 73.2 Å². The van der Waals surface area contributed by atoms with Crippen molar-refractivity contribution >= 4 is 34.0 Å². The van der Waals surface area contributed by atoms with Gasteiger partial charge in [-0.3, -0.25) is 4.79 Å². The number of imidazole rings is 2. The molecule has 0 spiro atoms. The Morgan fingerprint density at radius 1 is 0.778 bits per heavy atom. The number of nitrogens with one attached hydrogen (secondary N) is 3. The topological polar surface area (TPSA) is 145 Å². The van der Waals surface area contributed by atoms with Gasteiger partial charge in [0.25, 0.3) is 5.56 Å². The first-order valence-corrected chi connectivity index (χ1v) is 14.7. The van der Waals surface area contributed by atoms with Crippen LogP contribution in [0.2, 0.25) is 0 Å². The largest absolute Gasteiger partial charge is 0.481 e. The molecule has 3 N–H and O–H groups in total. The van der Waals surface area contributed by atoms with E-state index < -0.39 is 5.82 Å². The third-order valence-electron chi connectivity index (χ3n) is 8.28. The van der Waals surface area contributed by atoms with Crippen LogP contribution in [-0.4, -0.2) is 60.1 Å². The Labute approximate surface area is 255 Å². The third-order valence-corrected chi connectivity index (χ3v) is 8.28. The Balaban J connectivity index is 0.000000145. The molecule has 14 heteroatoms. The maximum Gasteiger partial charge on any atom is 0.253 e. The highest BCUT2D eigenvalue weighted by molar-refractivity contribution is 5.73. The predicted molar refractivity (Wildman–Crippen MR) is 164 cm³/mol. The summed E-state index contributed by atoms with van der Waals surface area (Å²) in [5.41, 5.74) is 4.03. The lowest BCUT2D eigenvalue weighted by molar-refractivity contribution is 0.385. The molecule has 2 fully saturated rings. The summed E-state index contributed by atoms with van der Waals surface area (Å²) in [5, 5.41) is 0. The van der Waals surface area contributed by atoms with Crippen LogP contribution in [0.4, 0.5) is 20.4 Å². The monoisotopic (exact) mass is 612 g/mol. The zero-order valence-corrected chi connectivity index (χ0v) is 24.4. The van der Waals surface area contributed by atoms with Crippen LogP contribution < -0.4 is 20.1 Å². The number of methoxy groups -OCH3 is 1. The van der Waals surface area contributed by atoms with Crippen molar-refractivity contribution in [3.8, 4) is 5.88 Å². The highest BCUT2D eigenvalue weighted by atomic mass is 19.1. The van der Waals surface area contributed by atoms with Gasteiger partial charge in [0, 0.05) is 30.4 Å². The summed E-state index contributed by atoms with van der Waals surface area (Å²) in [7, 11) is 1.55. The van der Waals surface area contributed by atoms with Gasteiger partial charge >= 0.3 is 0 Å². The van der Waals surface area contributed by atoms with Gasteiger partial charge < -0.3 is 29.5 Å². The minimum Gasteiger partial charge on any atom is -0.481 e. The first kappa shape index (κ1) is 28.4. The summed E-state index contributed by atoms with van der Waals surface area (Å²) < 4.78 is 32.5. The maximum absolute atomic E-state index is 13.7. The number of ether oxygens (including phenoxy) is 1. The lowest BCUT2D eigenvalue weighted by Crippen LogP contribution is -2.28. The molecule has 2 aliphatic heterocycles. The minimum atomic E-state index is -0.433. The Bertz CT molecular complexity index is 2030. The zero-order chi connectivity index (χ0) is 30.9. The van der Waals surface area contributed by atoms with Crippen LogP contribution in [0.1, 0.15) is 48.9 Å². The number of halogens is 2. The van der Waals surface area contributed by atoms with Crippen molar-refractivity contribution in [2.24, 2.45) is 0 Å². The van der Waals surface area contributed by atoms with Gasteiger partial charge in [-0.1, -0.05) is 0 Å². The summed E-state index contributed by atoms with van der Waals surface area (Å²) in [5.74, 6) is 1.26. The minimum absolute atomic E-state index is 0.00274. The van der Waals surface area contributed by atoms with Gasteiger partial charge in [0.1, 0.15) is 23.3 Å². The molecule has 8 rings (SSSR count). The van der Waals surface area contributed by atoms with Crippen LogP contribution in [0.3, 0.4) is 0 Å². The number of aromatic nitrogens is 8. The summed E-state index contributed by atoms with van der Waals surface area (Å²) in [4.78, 5) is 46.2. The molecule has 0 aliphatic carbocycles. The molecule has 8 heterocycles. The van der Waals surface area contributed by atoms with Gasteiger partial charge in [0.15, 0.2) is 11.3 Å². The predicted octanol–water partition coefficient (Wildman–Crippen LogP) is 4.97. The highest BCUT2D eigenvalue weighted by Crippen LogP contribution is 2.39. The van der Waals surface area contributed by atoms with Gasteiger partial charge in [-0.25, -0.2) is 33.7 Å². The van der Waals surface area contributed by atoms with Crippen molar-refractivity contribution in [1.29, 1.82) is 0 Å². The standard InChI is InChI=1S/C16H16FN5O.C15H14FN5O/c1-23-16-11(7-10(17)8-18-16)13-3-2-6-22(13)14-5-4-12-15(21-14)20-9-19-12;16-9-6-10(15(22)17-7-9)12-2-1-5-21(12)13-4-3-11-14(20-13)19-8-18-11/h4-5,7-9,13H,2-3,6H2,1H3,(H,19,20,21);3-4,6-8,12H,1-2,5H2,(H,17,22)(H,18,19,20). The van der Waals surface area contributed by atoms with E-state index in [9.17, 15) is 13.6 Å². The van der Waals surface area contributed by atoms with Gasteiger partial charge in [0.2, 0.25) is 5.88 Å². The molecule has 2 atom stereocenters. The lowest BCUT2D eigenvalue weighted by atomic mass is 10.1. The number of nitrogens with zero attached hydrogens (tertiary/aromatic N) is 7. The van der Waals surface area contributed by atoms with Crippen LogP contribution >= 0.6 is 0 Å². The van der Waals surface area contributed by atoms with Gasteiger partial charge in [0.05, 0.1) is 49.1 Å². The van der Waals surface area contributed by atoms with Crippen LogP contribution in [0, 0.1) is 11.6 Å². The van der Waals surface area contributed by atoms with Crippen molar-refractivity contribution in [3.63, 3.8) is 0 Å². The van der Waals surface area contributed by atoms with Crippen LogP contribution in [0.5, 0.6) is 5.88 Å². The van der Waals surface area contributed by atoms with E-state index in [4.69, 9.17) is 4.74 Å². The van der Waals surface area contributed by atoms with E-state index in [2.05, 4.69) is 44.8 Å². The number of hydrogen-bond acceptors (Lipinski definition) is 9. The Kier molecular flexibility index (Phi) is 7.53. The second-order valence-corrected chi connectivity index (χ2v) is 10.9. The molecule has 0 radical (unpaired) electrons. The molecule has 0 bridgehead atoms. The van der Waals surface area contributed by atoms with Crippen molar-refractivity contribution in [1.82, 2.24) is 39.9 Å². The van der Waals surface area contributed by atoms with E-state index in [-0.39, 0.29) is 23.5 Å². The molecule has 0 amide bonds. The molecule has 2 saturated heterocycles. The van der Waals surface area contributed by atoms with E-state index >= 15 is 0 Å². The van der Waals surface area contributed by atoms with Crippen LogP contribution in [0.15, 0.2) is 66.2 Å². The van der Waals surface area contributed by atoms with Crippen LogP contribution in [0.25, 0.3) is 22.3 Å². The molecule has 230 valence electrons. The summed E-state index contributed by atoms with van der Waals surface area (Å²) in [6.45, 7) is 1.64. The normalized spacial score (nSPS) is 18.0. The number of hydrogen-bond donors (Lipinski definition) is 3. The van der Waals surface area contributed by atoms with Crippen molar-refractivity contribution in [2.45, 2.75) is 37.8 Å². The average Bonchev–Trinajstić information content (AvgIpc) is 3.88. The second kappa shape index (κ2) is 11.9. The fourth-order valence-electron chi connectivity index (χ4n) is 6.25. The van der Waals surface area contributed by atoms with Gasteiger partial charge in [-0.2, -0.15) is 0 Å². The fourth-order valence-corrected chi connectivity index (χ4v) is 6.25. The van der Waals surface area contributed by atoms with Gasteiger partial charge in [-0.05, 0) is 62.1 Å². The molecule has 2 aliphatic rings. The van der Waals surface area contributed by atoms with Crippen molar-refractivity contribution < 1.29 is 13.5 Å². The Hall–Kier alpha value is -5.40. The first-order valence-electron chi connectivity index (χ1n) is 14.7. The average molecular weight is 613 g/mol. The maximum atomic E-state index is 13.7. The molecule has 45 heavy (non-hydrogen) atoms. The number of pyridine rings is 4. The number of H-pyrrole nitrogens is 3. The molecule has 6 aromatic heterocycles. The zero-order valence-electron chi connectivity index (χ0n) is 24.4. The van der Waals surface area contributed by atoms with E-state index in [1.165, 1.54) is 18.3 Å². The lowest BCUT2D eigenvalue weighted by Gasteiger charge is -2.26. The van der Waals surface area contributed by atoms with E-state index in [0.29, 0.717) is 22.7 Å². The first-order chi connectivity index (χ1) is 22.0. The summed E-state index contributed by atoms with van der Waals surface area (Å²) in [6.07, 6.45) is 9.12. The molecule has 12 nitrogen and oxygen atoms in total. The molecular weight excluding hydrogens is 582 g/mol. The number of anilines is 2. The third kappa shape index (κ3) is 5.54. The SMILES string of the molecule is COc1ncc(F)cc1C1CCCN1c1ccc2[nH]cnc2n1.O=c1[nH]cc(F)cc1C1CCCN1c1ccc2[nH]cnc2n1. The Morgan fingerprint density at radius 3 is 1.96 bits per heavy atom. The number of rotatable bonds is 5. The van der Waals surface area contributed by atoms with Gasteiger partial charge in [-0.15, -0.1) is 0 Å². The summed E-state index contributed by atoms with van der Waals surface area (Å²) in [6, 6.07) is 10.4. The number of aromatic amines is 3. The summed E-state index contributed by atoms with van der Waals surface area (Å²) >= 11 is 0. The van der Waals surface area contributed by atoms with Crippen molar-refractivity contribution in [3.05, 3.63) is 94.6 Å². The van der Waals surface area contributed by atoms with E-state index in [1.54, 1.807) is 19.8 Å². The number of fused-ring (bicyclic) bond motifs is 2. The molecule has 0 saturated carbocycles. The molecule has 0 aromatic carbocycles.